The van der Waals surface area contributed by atoms with Gasteiger partial charge in [-0.3, -0.25) is 9.59 Å². The topological polar surface area (TPSA) is 58.6 Å². The summed E-state index contributed by atoms with van der Waals surface area (Å²) in [5.74, 6) is -0.294. The molecule has 0 aromatic heterocycles. The van der Waals surface area contributed by atoms with Gasteiger partial charge in [-0.25, -0.2) is 0 Å². The summed E-state index contributed by atoms with van der Waals surface area (Å²) in [5, 5.41) is 4.91. The quantitative estimate of drug-likeness (QED) is 0.852. The van der Waals surface area contributed by atoms with Crippen molar-refractivity contribution in [3.05, 3.63) is 34.4 Å². The molecular formula is C20H28N2O3. The molecule has 3 rings (SSSR count). The number of benzene rings is 1. The van der Waals surface area contributed by atoms with Crippen molar-refractivity contribution in [1.29, 1.82) is 0 Å². The lowest BCUT2D eigenvalue weighted by atomic mass is 9.84. The van der Waals surface area contributed by atoms with Crippen LogP contribution in [-0.4, -0.2) is 43.0 Å². The monoisotopic (exact) mass is 344 g/mol. The normalized spacial score (nSPS) is 25.4. The van der Waals surface area contributed by atoms with Crippen molar-refractivity contribution in [2.45, 2.75) is 52.0 Å². The highest BCUT2D eigenvalue weighted by molar-refractivity contribution is 6.15. The number of carbonyl (C=O) groups is 2. The zero-order valence-electron chi connectivity index (χ0n) is 15.6. The lowest BCUT2D eigenvalue weighted by molar-refractivity contribution is -0.148. The number of ketones is 1. The SMILES string of the molecule is CON1CCC(CC2NC(=O)C(c3c(C)cc(C)cc3C)C2=O)CC1. The number of amides is 1. The standard InChI is InChI=1S/C20H28N2O3/c1-12-9-13(2)17(14(3)10-12)18-19(23)16(21-20(18)24)11-15-5-7-22(25-4)8-6-15/h9-10,15-16,18H,5-8,11H2,1-4H3,(H,21,24). The number of piperidine rings is 1. The van der Waals surface area contributed by atoms with Gasteiger partial charge in [0.1, 0.15) is 5.92 Å². The Morgan fingerprint density at radius 3 is 2.28 bits per heavy atom. The first-order valence-corrected chi connectivity index (χ1v) is 9.11. The van der Waals surface area contributed by atoms with Gasteiger partial charge in [0.15, 0.2) is 5.78 Å². The van der Waals surface area contributed by atoms with Crippen molar-refractivity contribution in [1.82, 2.24) is 10.4 Å². The average molecular weight is 344 g/mol. The third-order valence-corrected chi connectivity index (χ3v) is 5.63. The van der Waals surface area contributed by atoms with Crippen molar-refractivity contribution in [3.8, 4) is 0 Å². The smallest absolute Gasteiger partial charge is 0.235 e. The fraction of sp³-hybridized carbons (Fsp3) is 0.600. The summed E-state index contributed by atoms with van der Waals surface area (Å²) in [6.07, 6.45) is 2.74. The number of aryl methyl sites for hydroxylation is 3. The Morgan fingerprint density at radius 2 is 1.72 bits per heavy atom. The summed E-state index contributed by atoms with van der Waals surface area (Å²) in [5.41, 5.74) is 4.11. The van der Waals surface area contributed by atoms with Crippen LogP contribution in [0.5, 0.6) is 0 Å². The molecule has 2 saturated heterocycles. The zero-order chi connectivity index (χ0) is 18.1. The van der Waals surface area contributed by atoms with Crippen LogP contribution >= 0.6 is 0 Å². The van der Waals surface area contributed by atoms with Gasteiger partial charge in [0, 0.05) is 13.1 Å². The van der Waals surface area contributed by atoms with Crippen LogP contribution in [0.1, 0.15) is 47.4 Å². The van der Waals surface area contributed by atoms with Gasteiger partial charge in [-0.2, -0.15) is 5.06 Å². The lowest BCUT2D eigenvalue weighted by Crippen LogP contribution is -2.37. The minimum absolute atomic E-state index is 0.0363. The number of hydrogen-bond acceptors (Lipinski definition) is 4. The van der Waals surface area contributed by atoms with Gasteiger partial charge in [0.2, 0.25) is 5.91 Å². The molecule has 136 valence electrons. The highest BCUT2D eigenvalue weighted by Crippen LogP contribution is 2.33. The number of Topliss-reactive ketones (excluding diaryl/α,β-unsaturated/α-hetero) is 1. The summed E-state index contributed by atoms with van der Waals surface area (Å²) in [6.45, 7) is 7.79. The predicted molar refractivity (Wildman–Crippen MR) is 96.3 cm³/mol. The average Bonchev–Trinajstić information content (AvgIpc) is 2.82. The van der Waals surface area contributed by atoms with Gasteiger partial charge in [-0.1, -0.05) is 17.7 Å². The Labute approximate surface area is 149 Å². The molecule has 0 spiro atoms. The number of nitrogens with one attached hydrogen (secondary N) is 1. The number of nitrogens with zero attached hydrogens (tertiary/aromatic N) is 1. The molecule has 1 amide bonds. The first-order chi connectivity index (χ1) is 11.9. The molecule has 2 heterocycles. The summed E-state index contributed by atoms with van der Waals surface area (Å²) in [7, 11) is 1.69. The maximum Gasteiger partial charge on any atom is 0.235 e. The Balaban J connectivity index is 1.73. The molecule has 2 atom stereocenters. The Kier molecular flexibility index (Phi) is 5.25. The minimum atomic E-state index is -0.648. The first kappa shape index (κ1) is 18.1. The van der Waals surface area contributed by atoms with Crippen molar-refractivity contribution < 1.29 is 14.4 Å². The molecule has 2 unspecified atom stereocenters. The number of hydrogen-bond donors (Lipinski definition) is 1. The molecule has 1 aromatic carbocycles. The molecule has 0 radical (unpaired) electrons. The molecule has 0 aliphatic carbocycles. The van der Waals surface area contributed by atoms with E-state index in [0.29, 0.717) is 5.92 Å². The van der Waals surface area contributed by atoms with E-state index in [1.54, 1.807) is 7.11 Å². The van der Waals surface area contributed by atoms with E-state index in [9.17, 15) is 9.59 Å². The van der Waals surface area contributed by atoms with Gasteiger partial charge < -0.3 is 10.2 Å². The number of carbonyl (C=O) groups excluding carboxylic acids is 2. The van der Waals surface area contributed by atoms with Crippen LogP contribution in [0, 0.1) is 26.7 Å². The van der Waals surface area contributed by atoms with E-state index < -0.39 is 5.92 Å². The predicted octanol–water partition coefficient (Wildman–Crippen LogP) is 2.43. The van der Waals surface area contributed by atoms with E-state index in [0.717, 1.165) is 54.6 Å². The second-order valence-corrected chi connectivity index (χ2v) is 7.50. The van der Waals surface area contributed by atoms with Gasteiger partial charge in [0.25, 0.3) is 0 Å². The fourth-order valence-electron chi connectivity index (χ4n) is 4.41. The molecule has 1 N–H and O–H groups in total. The number of rotatable bonds is 4. The summed E-state index contributed by atoms with van der Waals surface area (Å²) in [6, 6.07) is 3.75. The van der Waals surface area contributed by atoms with Crippen LogP contribution in [0.2, 0.25) is 0 Å². The third kappa shape index (κ3) is 3.62. The van der Waals surface area contributed by atoms with E-state index in [-0.39, 0.29) is 17.7 Å². The largest absolute Gasteiger partial charge is 0.345 e. The maximum absolute atomic E-state index is 13.0. The molecule has 2 fully saturated rings. The molecular weight excluding hydrogens is 316 g/mol. The van der Waals surface area contributed by atoms with E-state index in [2.05, 4.69) is 17.4 Å². The van der Waals surface area contributed by atoms with Gasteiger partial charge in [0.05, 0.1) is 13.2 Å². The van der Waals surface area contributed by atoms with Crippen molar-refractivity contribution in [2.24, 2.45) is 5.92 Å². The summed E-state index contributed by atoms with van der Waals surface area (Å²) < 4.78 is 0. The van der Waals surface area contributed by atoms with E-state index in [1.165, 1.54) is 0 Å². The maximum atomic E-state index is 13.0. The van der Waals surface area contributed by atoms with Gasteiger partial charge in [-0.15, -0.1) is 0 Å². The highest BCUT2D eigenvalue weighted by Gasteiger charge is 2.43. The van der Waals surface area contributed by atoms with Crippen LogP contribution in [0.4, 0.5) is 0 Å². The van der Waals surface area contributed by atoms with E-state index >= 15 is 0 Å². The minimum Gasteiger partial charge on any atom is -0.345 e. The Hall–Kier alpha value is -1.72. The zero-order valence-corrected chi connectivity index (χ0v) is 15.6. The van der Waals surface area contributed by atoms with Gasteiger partial charge in [-0.05, 0) is 62.6 Å². The molecule has 0 bridgehead atoms. The van der Waals surface area contributed by atoms with Crippen LogP contribution in [0.15, 0.2) is 12.1 Å². The van der Waals surface area contributed by atoms with Gasteiger partial charge >= 0.3 is 0 Å². The van der Waals surface area contributed by atoms with E-state index in [4.69, 9.17) is 4.84 Å². The first-order valence-electron chi connectivity index (χ1n) is 9.11. The molecule has 2 aliphatic rings. The second-order valence-electron chi connectivity index (χ2n) is 7.50. The molecule has 5 nitrogen and oxygen atoms in total. The molecule has 25 heavy (non-hydrogen) atoms. The molecule has 2 aliphatic heterocycles. The summed E-state index contributed by atoms with van der Waals surface area (Å²) >= 11 is 0. The van der Waals surface area contributed by atoms with Crippen molar-refractivity contribution in [2.75, 3.05) is 20.2 Å². The number of hydroxylamine groups is 2. The van der Waals surface area contributed by atoms with Crippen molar-refractivity contribution in [3.63, 3.8) is 0 Å². The Morgan fingerprint density at radius 1 is 1.12 bits per heavy atom. The molecule has 0 saturated carbocycles. The van der Waals surface area contributed by atoms with E-state index in [1.807, 2.05) is 25.8 Å². The van der Waals surface area contributed by atoms with Crippen LogP contribution < -0.4 is 5.32 Å². The van der Waals surface area contributed by atoms with Crippen molar-refractivity contribution >= 4 is 11.7 Å². The highest BCUT2D eigenvalue weighted by atomic mass is 16.7. The lowest BCUT2D eigenvalue weighted by Gasteiger charge is -2.30. The molecule has 5 heteroatoms. The fourth-order valence-corrected chi connectivity index (χ4v) is 4.41. The molecule has 1 aromatic rings. The van der Waals surface area contributed by atoms with Crippen LogP contribution in [0.3, 0.4) is 0 Å². The van der Waals surface area contributed by atoms with Crippen LogP contribution in [-0.2, 0) is 14.4 Å². The van der Waals surface area contributed by atoms with Crippen LogP contribution in [0.25, 0.3) is 0 Å². The summed E-state index contributed by atoms with van der Waals surface area (Å²) in [4.78, 5) is 30.8. The Bertz CT molecular complexity index is 655. The third-order valence-electron chi connectivity index (χ3n) is 5.63. The second kappa shape index (κ2) is 7.26.